The molecule has 1 N–H and O–H groups in total. The van der Waals surface area contributed by atoms with Crippen molar-refractivity contribution in [2.75, 3.05) is 33.8 Å². The van der Waals surface area contributed by atoms with Gasteiger partial charge in [-0.2, -0.15) is 0 Å². The highest BCUT2D eigenvalue weighted by Gasteiger charge is 2.31. The number of hydrogen-bond donors (Lipinski definition) is 1. The summed E-state index contributed by atoms with van der Waals surface area (Å²) in [6.45, 7) is 1.60. The van der Waals surface area contributed by atoms with Crippen LogP contribution in [0.4, 0.5) is 0 Å². The van der Waals surface area contributed by atoms with E-state index in [1.165, 1.54) is 21.6 Å². The number of thiocarbonyl (C=S) groups is 1. The maximum Gasteiger partial charge on any atom is 0.306 e. The number of ether oxygens (including phenoxy) is 1. The molecule has 0 atom stereocenters. The minimum Gasteiger partial charge on any atom is -0.465 e. The molecule has 0 radical (unpaired) electrons. The fourth-order valence-electron chi connectivity index (χ4n) is 2.02. The average Bonchev–Trinajstić information content (AvgIpc) is 3.11. The van der Waals surface area contributed by atoms with Gasteiger partial charge < -0.3 is 14.1 Å². The number of furan rings is 1. The van der Waals surface area contributed by atoms with Gasteiger partial charge in [-0.3, -0.25) is 14.5 Å². The van der Waals surface area contributed by atoms with Gasteiger partial charge in [-0.05, 0) is 18.6 Å². The molecule has 2 rings (SSSR count). The van der Waals surface area contributed by atoms with E-state index in [0.29, 0.717) is 34.6 Å². The highest BCUT2D eigenvalue weighted by Crippen LogP contribution is 2.32. The lowest BCUT2D eigenvalue weighted by Gasteiger charge is -2.14. The van der Waals surface area contributed by atoms with Crippen molar-refractivity contribution in [2.45, 2.75) is 12.8 Å². The van der Waals surface area contributed by atoms with Crippen LogP contribution in [0.3, 0.4) is 0 Å². The lowest BCUT2D eigenvalue weighted by atomic mass is 10.3. The van der Waals surface area contributed by atoms with Gasteiger partial charge in [0.05, 0.1) is 25.3 Å². The molecule has 0 bridgehead atoms. The largest absolute Gasteiger partial charge is 0.465 e. The number of nitrogens with one attached hydrogen (secondary N) is 1. The van der Waals surface area contributed by atoms with Crippen molar-refractivity contribution >= 4 is 46.3 Å². The Kier molecular flexibility index (Phi) is 7.01. The first-order valence-electron chi connectivity index (χ1n) is 7.71. The Balaban J connectivity index is 1.78. The fraction of sp³-hybridized carbons (Fsp3) is 0.438. The second-order valence-electron chi connectivity index (χ2n) is 5.63. The summed E-state index contributed by atoms with van der Waals surface area (Å²) >= 11 is 6.49. The number of carbonyl (C=O) groups is 2. The third kappa shape index (κ3) is 5.47. The van der Waals surface area contributed by atoms with Gasteiger partial charge in [0.15, 0.2) is 0 Å². The van der Waals surface area contributed by atoms with E-state index in [4.69, 9.17) is 21.4 Å². The molecule has 130 valence electrons. The van der Waals surface area contributed by atoms with Gasteiger partial charge in [0.25, 0.3) is 5.91 Å². The molecule has 1 fully saturated rings. The monoisotopic (exact) mass is 369 g/mol. The summed E-state index contributed by atoms with van der Waals surface area (Å²) in [5, 5.41) is 0. The van der Waals surface area contributed by atoms with E-state index in [-0.39, 0.29) is 18.3 Å². The van der Waals surface area contributed by atoms with Crippen molar-refractivity contribution in [2.24, 2.45) is 0 Å². The molecule has 0 spiro atoms. The maximum absolute atomic E-state index is 12.4. The third-order valence-electron chi connectivity index (χ3n) is 3.32. The van der Waals surface area contributed by atoms with Crippen LogP contribution >= 0.6 is 24.0 Å². The molecule has 0 unspecified atom stereocenters. The number of thioether (sulfide) groups is 1. The quantitative estimate of drug-likeness (QED) is 0.418. The Labute approximate surface area is 150 Å². The van der Waals surface area contributed by atoms with Crippen LogP contribution in [-0.4, -0.2) is 54.9 Å². The summed E-state index contributed by atoms with van der Waals surface area (Å²) in [6, 6.07) is 3.54. The van der Waals surface area contributed by atoms with Crippen LogP contribution < -0.4 is 4.90 Å². The number of likely N-dealkylation sites (N-methyl/N-ethyl adjacent to an activating group) is 1. The Morgan fingerprint density at radius 2 is 2.29 bits per heavy atom. The number of quaternary nitrogens is 1. The van der Waals surface area contributed by atoms with Crippen LogP contribution in [0.25, 0.3) is 6.08 Å². The lowest BCUT2D eigenvalue weighted by Crippen LogP contribution is -3.06. The van der Waals surface area contributed by atoms with Gasteiger partial charge in [0, 0.05) is 19.0 Å². The molecular formula is C16H21N2O4S2+. The van der Waals surface area contributed by atoms with E-state index in [0.717, 1.165) is 6.54 Å². The molecule has 1 aromatic rings. The van der Waals surface area contributed by atoms with Crippen LogP contribution in [0.2, 0.25) is 0 Å². The van der Waals surface area contributed by atoms with Gasteiger partial charge in [-0.1, -0.05) is 24.0 Å². The smallest absolute Gasteiger partial charge is 0.306 e. The molecule has 6 nitrogen and oxygen atoms in total. The topological polar surface area (TPSA) is 64.2 Å². The molecule has 0 aliphatic carbocycles. The SMILES string of the molecule is C[NH+](C)CCOC(=O)CCCN1C(=O)/C(=C\c2ccco2)SC1=S. The summed E-state index contributed by atoms with van der Waals surface area (Å²) in [5.74, 6) is 0.223. The summed E-state index contributed by atoms with van der Waals surface area (Å²) in [7, 11) is 4.00. The molecule has 0 aromatic carbocycles. The van der Waals surface area contributed by atoms with Crippen LogP contribution in [0.1, 0.15) is 18.6 Å². The van der Waals surface area contributed by atoms with E-state index in [9.17, 15) is 9.59 Å². The highest BCUT2D eigenvalue weighted by molar-refractivity contribution is 8.26. The van der Waals surface area contributed by atoms with Crippen molar-refractivity contribution in [3.05, 3.63) is 29.1 Å². The molecule has 1 saturated heterocycles. The first kappa shape index (κ1) is 18.7. The second-order valence-corrected chi connectivity index (χ2v) is 7.31. The number of rotatable bonds is 8. The van der Waals surface area contributed by atoms with E-state index >= 15 is 0 Å². The summed E-state index contributed by atoms with van der Waals surface area (Å²) in [4.78, 5) is 27.3. The maximum atomic E-state index is 12.4. The third-order valence-corrected chi connectivity index (χ3v) is 4.70. The summed E-state index contributed by atoms with van der Waals surface area (Å²) in [5.41, 5.74) is 0. The molecular weight excluding hydrogens is 348 g/mol. The molecule has 1 aromatic heterocycles. The summed E-state index contributed by atoms with van der Waals surface area (Å²) in [6.07, 6.45) is 4.03. The first-order chi connectivity index (χ1) is 11.5. The Morgan fingerprint density at radius 1 is 1.50 bits per heavy atom. The standard InChI is InChI=1S/C16H20N2O4S2/c1-17(2)8-10-22-14(19)6-3-7-18-15(20)13(24-16(18)23)11-12-5-4-9-21-12/h4-5,9,11H,3,6-8,10H2,1-2H3/p+1/b13-11+. The van der Waals surface area contributed by atoms with E-state index < -0.39 is 0 Å². The van der Waals surface area contributed by atoms with Crippen molar-refractivity contribution < 1.29 is 23.6 Å². The first-order valence-corrected chi connectivity index (χ1v) is 8.93. The molecule has 2 heterocycles. The molecule has 8 heteroatoms. The van der Waals surface area contributed by atoms with Crippen molar-refractivity contribution in [3.8, 4) is 0 Å². The number of nitrogens with zero attached hydrogens (tertiary/aromatic N) is 1. The molecule has 0 saturated carbocycles. The van der Waals surface area contributed by atoms with Crippen LogP contribution in [0.5, 0.6) is 0 Å². The molecule has 24 heavy (non-hydrogen) atoms. The Hall–Kier alpha value is -1.64. The van der Waals surface area contributed by atoms with Crippen molar-refractivity contribution in [1.29, 1.82) is 0 Å². The fourth-order valence-corrected chi connectivity index (χ4v) is 3.31. The van der Waals surface area contributed by atoms with Crippen LogP contribution in [0, 0.1) is 0 Å². The van der Waals surface area contributed by atoms with Gasteiger partial charge >= 0.3 is 5.97 Å². The zero-order chi connectivity index (χ0) is 17.5. The van der Waals surface area contributed by atoms with Crippen LogP contribution in [0.15, 0.2) is 27.7 Å². The Bertz CT molecular complexity index is 626. The highest BCUT2D eigenvalue weighted by atomic mass is 32.2. The predicted octanol–water partition coefficient (Wildman–Crippen LogP) is 0.949. The normalized spacial score (nSPS) is 16.5. The van der Waals surface area contributed by atoms with Crippen molar-refractivity contribution in [1.82, 2.24) is 4.90 Å². The van der Waals surface area contributed by atoms with Crippen molar-refractivity contribution in [3.63, 3.8) is 0 Å². The van der Waals surface area contributed by atoms with Gasteiger partial charge in [0.1, 0.15) is 23.2 Å². The second kappa shape index (κ2) is 9.00. The van der Waals surface area contributed by atoms with Crippen LogP contribution in [-0.2, 0) is 14.3 Å². The van der Waals surface area contributed by atoms with E-state index in [1.807, 2.05) is 14.1 Å². The zero-order valence-corrected chi connectivity index (χ0v) is 15.4. The summed E-state index contributed by atoms with van der Waals surface area (Å²) < 4.78 is 10.9. The van der Waals surface area contributed by atoms with Gasteiger partial charge in [-0.15, -0.1) is 0 Å². The number of esters is 1. The van der Waals surface area contributed by atoms with E-state index in [2.05, 4.69) is 0 Å². The number of hydrogen-bond acceptors (Lipinski definition) is 6. The molecule has 1 aliphatic heterocycles. The predicted molar refractivity (Wildman–Crippen MR) is 96.5 cm³/mol. The average molecular weight is 369 g/mol. The lowest BCUT2D eigenvalue weighted by molar-refractivity contribution is -0.858. The van der Waals surface area contributed by atoms with E-state index in [1.54, 1.807) is 24.5 Å². The van der Waals surface area contributed by atoms with Gasteiger partial charge in [0.2, 0.25) is 0 Å². The minimum atomic E-state index is -0.243. The zero-order valence-electron chi connectivity index (χ0n) is 13.7. The Morgan fingerprint density at radius 3 is 2.96 bits per heavy atom. The molecule has 1 amide bonds. The molecule has 1 aliphatic rings. The minimum absolute atomic E-state index is 0.147. The van der Waals surface area contributed by atoms with Gasteiger partial charge in [-0.25, -0.2) is 0 Å². The number of carbonyl (C=O) groups excluding carboxylic acids is 2. The number of amides is 1.